The van der Waals surface area contributed by atoms with E-state index in [0.717, 1.165) is 185 Å². The summed E-state index contributed by atoms with van der Waals surface area (Å²) in [6, 6.07) is 0. The number of hydrogen-bond donors (Lipinski definition) is 0. The van der Waals surface area contributed by atoms with Crippen LogP contribution in [0.2, 0.25) is 0 Å². The molecule has 0 aromatic rings. The Bertz CT molecular complexity index is 4030. The van der Waals surface area contributed by atoms with E-state index in [4.69, 9.17) is 56.8 Å². The van der Waals surface area contributed by atoms with Crippen LogP contribution in [0.4, 0.5) is 0 Å². The molecule has 24 nitrogen and oxygen atoms in total. The van der Waals surface area contributed by atoms with Crippen LogP contribution in [0, 0.1) is 0 Å². The Morgan fingerprint density at radius 3 is 0.407 bits per heavy atom. The van der Waals surface area contributed by atoms with Gasteiger partial charge in [-0.05, 0) is 71.7 Å². The summed E-state index contributed by atoms with van der Waals surface area (Å²) in [4.78, 5) is 158. The molecule has 0 saturated carbocycles. The smallest absolute Gasteiger partial charge is 0.346 e. The van der Waals surface area contributed by atoms with E-state index in [1.165, 1.54) is 226 Å². The van der Waals surface area contributed by atoms with Crippen LogP contribution in [-0.2, 0) is 114 Å². The Morgan fingerprint density at radius 1 is 0.161 bits per heavy atom. The molecular formula is C66H60O24S28. The SMILES string of the molecule is COC(=O)C1=C(SCCCSC2=C(SCCCSC3=C(C(=O)OC)SC(=C4SC(C(=O)OC)=C(C(=O)OC)S4)S3)SC(=C3SC(SCCCSC4=C(C(=O)OC)SC(=C5SC(C(=O)OC)=C(C(=O)OC)S5)S4)=C(SCCCSC4=C(C(=O)OC)SC(=C5SC(C(=O)OC)=C(C(=O)OC)S5)S4)S3)S2)SC(=C2SC(C(=O)OC)=C(C(=O)OC)S2)S1. The summed E-state index contributed by atoms with van der Waals surface area (Å²) in [7, 11) is 15.2. The van der Waals surface area contributed by atoms with Gasteiger partial charge in [0.05, 0.1) is 162 Å². The number of thioether (sulfide) groups is 28. The minimum absolute atomic E-state index is 0.102. The second kappa shape index (κ2) is 49.4. The van der Waals surface area contributed by atoms with E-state index in [1.807, 2.05) is 0 Å². The first-order valence-corrected chi connectivity index (χ1v) is 56.9. The van der Waals surface area contributed by atoms with Gasteiger partial charge < -0.3 is 56.8 Å². The molecule has 0 aliphatic carbocycles. The average Bonchev–Trinajstić information content (AvgIpc) is 1.64. The standard InChI is InChI=1S/C66H60O24S28/c1-79-37(67)25-26(38(68)80-2)100-57(99-25)61-107-33(45(75)87-9)49(111-61)91-17-13-21-95-53-54(96-22-14-18-92-50-34(46(76)88-10)108-62(112-50)58-101-27(39(69)81-3)28(102-58)40(70)82-4)116-65(115-53)66-117-55(97-23-15-19-93-51-35(47(77)89-11)109-63(113-51)59-103-29(41(71)83-5)30(104-59)42(72)84-6)56(118-66)98-24-16-20-94-52-36(48(78)90-12)110-64(114-52)60-105-31(43(73)85-7)32(106-60)44(74)86-8/h13-24H2,1-12H3. The zero-order chi connectivity index (χ0) is 85.0. The van der Waals surface area contributed by atoms with Crippen LogP contribution in [0.5, 0.6) is 0 Å². The number of esters is 12. The first-order valence-electron chi connectivity index (χ1n) is 32.7. The topological polar surface area (TPSA) is 316 Å². The van der Waals surface area contributed by atoms with Gasteiger partial charge in [0.15, 0.2) is 0 Å². The zero-order valence-corrected chi connectivity index (χ0v) is 85.6. The van der Waals surface area contributed by atoms with Crippen molar-refractivity contribution in [2.75, 3.05) is 131 Å². The van der Waals surface area contributed by atoms with Gasteiger partial charge in [0, 0.05) is 0 Å². The van der Waals surface area contributed by atoms with Gasteiger partial charge in [-0.15, -0.1) is 94.1 Å². The van der Waals surface area contributed by atoms with Crippen LogP contribution in [0.25, 0.3) is 0 Å². The van der Waals surface area contributed by atoms with Crippen LogP contribution in [0.1, 0.15) is 25.7 Å². The zero-order valence-electron chi connectivity index (χ0n) is 62.7. The number of rotatable bonds is 36. The van der Waals surface area contributed by atoms with E-state index in [-0.39, 0.29) is 39.2 Å². The molecule has 0 spiro atoms. The van der Waals surface area contributed by atoms with Crippen LogP contribution in [0.15, 0.2) is 135 Å². The molecule has 0 N–H and O–H groups in total. The molecule has 0 radical (unpaired) electrons. The molecule has 636 valence electrons. The normalized spacial score (nSPS) is 18.4. The van der Waals surface area contributed by atoms with E-state index in [2.05, 4.69) is 0 Å². The molecule has 52 heteroatoms. The maximum atomic E-state index is 13.3. The molecule has 10 aliphatic heterocycles. The average molecular weight is 2140 g/mol. The molecular weight excluding hydrogens is 2070 g/mol. The van der Waals surface area contributed by atoms with Gasteiger partial charge in [-0.2, -0.15) is 0 Å². The molecule has 0 saturated heterocycles. The number of ether oxygens (including phenoxy) is 12. The minimum Gasteiger partial charge on any atom is -0.465 e. The molecule has 0 fully saturated rings. The number of carbonyl (C=O) groups is 12. The van der Waals surface area contributed by atoms with Crippen LogP contribution in [0.3, 0.4) is 0 Å². The van der Waals surface area contributed by atoms with E-state index >= 15 is 0 Å². The summed E-state index contributed by atoms with van der Waals surface area (Å²) in [6.07, 6.45) is 2.97. The van der Waals surface area contributed by atoms with Gasteiger partial charge in [-0.25, -0.2) is 57.5 Å². The third kappa shape index (κ3) is 25.6. The van der Waals surface area contributed by atoms with E-state index in [1.54, 1.807) is 94.1 Å². The van der Waals surface area contributed by atoms with Crippen molar-refractivity contribution in [2.24, 2.45) is 0 Å². The summed E-state index contributed by atoms with van der Waals surface area (Å²) in [6.45, 7) is 0. The second-order valence-corrected chi connectivity index (χ2v) is 55.2. The van der Waals surface area contributed by atoms with Gasteiger partial charge in [0.2, 0.25) is 0 Å². The van der Waals surface area contributed by atoms with Gasteiger partial charge >= 0.3 is 71.6 Å². The van der Waals surface area contributed by atoms with Crippen molar-refractivity contribution in [2.45, 2.75) is 25.7 Å². The Labute approximate surface area is 797 Å². The van der Waals surface area contributed by atoms with Crippen molar-refractivity contribution >= 4 is 401 Å². The predicted molar refractivity (Wildman–Crippen MR) is 520 cm³/mol. The van der Waals surface area contributed by atoms with Crippen molar-refractivity contribution in [1.82, 2.24) is 0 Å². The van der Waals surface area contributed by atoms with Gasteiger partial charge in [0.25, 0.3) is 0 Å². The van der Waals surface area contributed by atoms with Crippen molar-refractivity contribution in [3.8, 4) is 0 Å². The lowest BCUT2D eigenvalue weighted by molar-refractivity contribution is -0.138. The van der Waals surface area contributed by atoms with Crippen LogP contribution >= 0.6 is 329 Å². The van der Waals surface area contributed by atoms with Gasteiger partial charge in [-0.3, -0.25) is 0 Å². The fourth-order valence-corrected chi connectivity index (χ4v) is 49.0. The third-order valence-corrected chi connectivity index (χ3v) is 54.5. The molecule has 10 heterocycles. The Morgan fingerprint density at radius 2 is 0.263 bits per heavy atom. The highest BCUT2D eigenvalue weighted by Crippen LogP contribution is 2.70. The van der Waals surface area contributed by atoms with E-state index in [0.29, 0.717) is 76.5 Å². The summed E-state index contributed by atoms with van der Waals surface area (Å²) in [5.41, 5.74) is 0. The minimum atomic E-state index is -0.678. The summed E-state index contributed by atoms with van der Waals surface area (Å²) >= 11 is 39.2. The summed E-state index contributed by atoms with van der Waals surface area (Å²) in [5, 5.41) is 0. The fourth-order valence-electron chi connectivity index (χ4n) is 8.69. The monoisotopic (exact) mass is 2130 g/mol. The lowest BCUT2D eigenvalue weighted by Crippen LogP contribution is -2.08. The highest BCUT2D eigenvalue weighted by atomic mass is 32.3. The maximum absolute atomic E-state index is 13.3. The molecule has 0 aromatic carbocycles. The van der Waals surface area contributed by atoms with Crippen LogP contribution in [-0.4, -0.2) is 203 Å². The molecule has 118 heavy (non-hydrogen) atoms. The Balaban J connectivity index is 0.854. The van der Waals surface area contributed by atoms with Crippen LogP contribution < -0.4 is 0 Å². The summed E-state index contributed by atoms with van der Waals surface area (Å²) in [5.74, 6) is -2.01. The summed E-state index contributed by atoms with van der Waals surface area (Å²) < 4.78 is 75.9. The molecule has 10 rings (SSSR count). The lowest BCUT2D eigenvalue weighted by atomic mass is 10.5. The Hall–Kier alpha value is -0.460. The second-order valence-electron chi connectivity index (χ2n) is 21.3. The first kappa shape index (κ1) is 99.7. The molecule has 0 amide bonds. The lowest BCUT2D eigenvalue weighted by Gasteiger charge is -2.07. The molecule has 10 aliphatic rings. The molecule has 0 unspecified atom stereocenters. The highest BCUT2D eigenvalue weighted by Gasteiger charge is 2.44. The number of carbonyl (C=O) groups excluding carboxylic acids is 12. The Kier molecular flexibility index (Phi) is 41.7. The maximum Gasteiger partial charge on any atom is 0.346 e. The van der Waals surface area contributed by atoms with E-state index < -0.39 is 71.6 Å². The van der Waals surface area contributed by atoms with Crippen molar-refractivity contribution in [1.29, 1.82) is 0 Å². The molecule has 0 atom stereocenters. The van der Waals surface area contributed by atoms with Gasteiger partial charge in [-0.1, -0.05) is 235 Å². The van der Waals surface area contributed by atoms with Crippen molar-refractivity contribution in [3.05, 3.63) is 135 Å². The quantitative estimate of drug-likeness (QED) is 0.0319. The molecule has 0 bridgehead atoms. The number of methoxy groups -OCH3 is 12. The molecule has 0 aromatic heterocycles. The highest BCUT2D eigenvalue weighted by molar-refractivity contribution is 8.46. The van der Waals surface area contributed by atoms with Gasteiger partial charge in [0.1, 0.15) is 58.9 Å². The largest absolute Gasteiger partial charge is 0.465 e. The number of hydrogen-bond acceptors (Lipinski definition) is 52. The first-order chi connectivity index (χ1) is 56.9. The van der Waals surface area contributed by atoms with Crippen molar-refractivity contribution in [3.63, 3.8) is 0 Å². The fraction of sp³-hybridized carbons (Fsp3) is 0.364. The van der Waals surface area contributed by atoms with E-state index in [9.17, 15) is 57.5 Å². The predicted octanol–water partition coefficient (Wildman–Crippen LogP) is 20.7. The van der Waals surface area contributed by atoms with Crippen molar-refractivity contribution < 1.29 is 114 Å². The third-order valence-electron chi connectivity index (χ3n) is 14.0.